The van der Waals surface area contributed by atoms with Gasteiger partial charge in [0.25, 0.3) is 0 Å². The van der Waals surface area contributed by atoms with Gasteiger partial charge in [0.1, 0.15) is 17.1 Å². The molecular formula is C19H19FN2OS. The zero-order valence-corrected chi connectivity index (χ0v) is 14.1. The summed E-state index contributed by atoms with van der Waals surface area (Å²) in [6, 6.07) is 12.4. The van der Waals surface area contributed by atoms with E-state index in [-0.39, 0.29) is 11.6 Å². The second-order valence-corrected chi connectivity index (χ2v) is 7.39. The standard InChI is InChI=1S/C19H19FN2OS/c20-15-4-1-3-14(12-15)11-13-7-9-22(10-8-13)19-21-18-16(23)5-2-6-17(18)24-19/h1-6,12-13,23H,7-11H2. The number of anilines is 1. The quantitative estimate of drug-likeness (QED) is 0.756. The summed E-state index contributed by atoms with van der Waals surface area (Å²) in [5, 5.41) is 10.9. The first-order valence-electron chi connectivity index (χ1n) is 8.27. The first-order chi connectivity index (χ1) is 11.7. The molecule has 5 heteroatoms. The number of aromatic nitrogens is 1. The van der Waals surface area contributed by atoms with E-state index < -0.39 is 0 Å². The Labute approximate surface area is 144 Å². The van der Waals surface area contributed by atoms with Crippen molar-refractivity contribution in [3.63, 3.8) is 0 Å². The fraction of sp³-hybridized carbons (Fsp3) is 0.316. The fourth-order valence-electron chi connectivity index (χ4n) is 3.38. The van der Waals surface area contributed by atoms with Crippen LogP contribution in [0, 0.1) is 11.7 Å². The average molecular weight is 342 g/mol. The lowest BCUT2D eigenvalue weighted by Gasteiger charge is -2.31. The molecule has 0 unspecified atom stereocenters. The highest BCUT2D eigenvalue weighted by Crippen LogP contribution is 2.35. The summed E-state index contributed by atoms with van der Waals surface area (Å²) in [6.45, 7) is 1.92. The van der Waals surface area contributed by atoms with Gasteiger partial charge in [0.15, 0.2) is 5.13 Å². The molecule has 0 saturated carbocycles. The molecule has 1 N–H and O–H groups in total. The highest BCUT2D eigenvalue weighted by Gasteiger charge is 2.22. The molecule has 1 fully saturated rings. The lowest BCUT2D eigenvalue weighted by Crippen LogP contribution is -2.34. The number of rotatable bonds is 3. The maximum atomic E-state index is 13.3. The van der Waals surface area contributed by atoms with Gasteiger partial charge in [-0.1, -0.05) is 29.5 Å². The number of piperidine rings is 1. The van der Waals surface area contributed by atoms with E-state index in [1.54, 1.807) is 29.5 Å². The zero-order chi connectivity index (χ0) is 16.5. The van der Waals surface area contributed by atoms with Gasteiger partial charge in [0.05, 0.1) is 4.70 Å². The monoisotopic (exact) mass is 342 g/mol. The Bertz CT molecular complexity index is 855. The first kappa shape index (κ1) is 15.4. The van der Waals surface area contributed by atoms with Crippen LogP contribution < -0.4 is 4.90 Å². The molecule has 0 atom stereocenters. The molecule has 3 nitrogen and oxygen atoms in total. The Balaban J connectivity index is 1.42. The summed E-state index contributed by atoms with van der Waals surface area (Å²) in [4.78, 5) is 6.90. The van der Waals surface area contributed by atoms with Crippen molar-refractivity contribution in [1.29, 1.82) is 0 Å². The zero-order valence-electron chi connectivity index (χ0n) is 13.3. The van der Waals surface area contributed by atoms with Crippen LogP contribution in [-0.2, 0) is 6.42 Å². The van der Waals surface area contributed by atoms with E-state index in [4.69, 9.17) is 0 Å². The predicted octanol–water partition coefficient (Wildman–Crippen LogP) is 4.60. The SMILES string of the molecule is Oc1cccc2sc(N3CCC(Cc4cccc(F)c4)CC3)nc12. The van der Waals surface area contributed by atoms with Crippen LogP contribution in [0.25, 0.3) is 10.2 Å². The molecule has 1 aliphatic rings. The van der Waals surface area contributed by atoms with Crippen molar-refractivity contribution in [2.24, 2.45) is 5.92 Å². The van der Waals surface area contributed by atoms with Crippen molar-refractivity contribution >= 4 is 26.7 Å². The van der Waals surface area contributed by atoms with Gasteiger partial charge in [0.2, 0.25) is 0 Å². The van der Waals surface area contributed by atoms with E-state index in [2.05, 4.69) is 9.88 Å². The molecule has 0 radical (unpaired) electrons. The normalized spacial score (nSPS) is 16.0. The van der Waals surface area contributed by atoms with Crippen molar-refractivity contribution in [2.45, 2.75) is 19.3 Å². The van der Waals surface area contributed by atoms with Crippen LogP contribution in [0.4, 0.5) is 9.52 Å². The molecule has 124 valence electrons. The highest BCUT2D eigenvalue weighted by atomic mass is 32.1. The molecule has 2 aromatic carbocycles. The van der Waals surface area contributed by atoms with Gasteiger partial charge in [-0.2, -0.15) is 0 Å². The third-order valence-corrected chi connectivity index (χ3v) is 5.77. The van der Waals surface area contributed by atoms with Crippen molar-refractivity contribution in [3.05, 3.63) is 53.8 Å². The van der Waals surface area contributed by atoms with E-state index in [0.717, 1.165) is 47.7 Å². The number of phenolic OH excluding ortho intramolecular Hbond substituents is 1. The van der Waals surface area contributed by atoms with Crippen LogP contribution >= 0.6 is 11.3 Å². The predicted molar refractivity (Wildman–Crippen MR) is 96.3 cm³/mol. The Morgan fingerprint density at radius 2 is 1.96 bits per heavy atom. The van der Waals surface area contributed by atoms with E-state index in [9.17, 15) is 9.50 Å². The van der Waals surface area contributed by atoms with Crippen LogP contribution in [0.1, 0.15) is 18.4 Å². The Kier molecular flexibility index (Phi) is 4.10. The van der Waals surface area contributed by atoms with Gasteiger partial charge in [-0.05, 0) is 55.0 Å². The number of halogens is 1. The average Bonchev–Trinajstić information content (AvgIpc) is 3.01. The van der Waals surface area contributed by atoms with E-state index in [0.29, 0.717) is 11.4 Å². The van der Waals surface area contributed by atoms with E-state index >= 15 is 0 Å². The third-order valence-electron chi connectivity index (χ3n) is 4.68. The van der Waals surface area contributed by atoms with Crippen molar-refractivity contribution in [1.82, 2.24) is 4.98 Å². The summed E-state index contributed by atoms with van der Waals surface area (Å²) >= 11 is 1.63. The Hall–Kier alpha value is -2.14. The minimum absolute atomic E-state index is 0.154. The number of thiazole rings is 1. The molecule has 1 aromatic heterocycles. The van der Waals surface area contributed by atoms with Gasteiger partial charge in [-0.25, -0.2) is 9.37 Å². The molecule has 1 aliphatic heterocycles. The molecule has 0 aliphatic carbocycles. The van der Waals surface area contributed by atoms with Gasteiger partial charge in [-0.15, -0.1) is 0 Å². The molecule has 0 bridgehead atoms. The number of fused-ring (bicyclic) bond motifs is 1. The van der Waals surface area contributed by atoms with Crippen LogP contribution in [-0.4, -0.2) is 23.2 Å². The number of phenols is 1. The molecule has 0 spiro atoms. The van der Waals surface area contributed by atoms with Crippen LogP contribution in [0.2, 0.25) is 0 Å². The molecule has 24 heavy (non-hydrogen) atoms. The second kappa shape index (κ2) is 6.40. The Morgan fingerprint density at radius 1 is 1.17 bits per heavy atom. The Morgan fingerprint density at radius 3 is 2.71 bits per heavy atom. The van der Waals surface area contributed by atoms with Gasteiger partial charge >= 0.3 is 0 Å². The van der Waals surface area contributed by atoms with Crippen LogP contribution in [0.5, 0.6) is 5.75 Å². The molecule has 4 rings (SSSR count). The van der Waals surface area contributed by atoms with Gasteiger partial charge in [0, 0.05) is 13.1 Å². The second-order valence-electron chi connectivity index (χ2n) is 6.38. The minimum atomic E-state index is -0.154. The molecule has 1 saturated heterocycles. The summed E-state index contributed by atoms with van der Waals surface area (Å²) in [5.41, 5.74) is 1.78. The molecule has 0 amide bonds. The molecule has 2 heterocycles. The van der Waals surface area contributed by atoms with Crippen molar-refractivity contribution in [3.8, 4) is 5.75 Å². The molecule has 3 aromatic rings. The summed E-state index contributed by atoms with van der Waals surface area (Å²) in [5.74, 6) is 0.682. The number of aromatic hydroxyl groups is 1. The summed E-state index contributed by atoms with van der Waals surface area (Å²) < 4.78 is 14.3. The smallest absolute Gasteiger partial charge is 0.186 e. The maximum Gasteiger partial charge on any atom is 0.186 e. The summed E-state index contributed by atoms with van der Waals surface area (Å²) in [7, 11) is 0. The summed E-state index contributed by atoms with van der Waals surface area (Å²) in [6.07, 6.45) is 3.10. The number of benzene rings is 2. The lowest BCUT2D eigenvalue weighted by molar-refractivity contribution is 0.403. The number of hydrogen-bond donors (Lipinski definition) is 1. The number of nitrogens with zero attached hydrogens (tertiary/aromatic N) is 2. The first-order valence-corrected chi connectivity index (χ1v) is 9.08. The number of para-hydroxylation sites is 1. The van der Waals surface area contributed by atoms with E-state index in [1.165, 1.54) is 6.07 Å². The maximum absolute atomic E-state index is 13.3. The van der Waals surface area contributed by atoms with E-state index in [1.807, 2.05) is 18.2 Å². The largest absolute Gasteiger partial charge is 0.506 e. The number of hydrogen-bond acceptors (Lipinski definition) is 4. The molecular weight excluding hydrogens is 323 g/mol. The van der Waals surface area contributed by atoms with Crippen molar-refractivity contribution in [2.75, 3.05) is 18.0 Å². The third kappa shape index (κ3) is 3.08. The van der Waals surface area contributed by atoms with Gasteiger partial charge < -0.3 is 10.0 Å². The van der Waals surface area contributed by atoms with Crippen molar-refractivity contribution < 1.29 is 9.50 Å². The van der Waals surface area contributed by atoms with Gasteiger partial charge in [-0.3, -0.25) is 0 Å². The minimum Gasteiger partial charge on any atom is -0.506 e. The topological polar surface area (TPSA) is 36.4 Å². The lowest BCUT2D eigenvalue weighted by atomic mass is 9.90. The van der Waals surface area contributed by atoms with Crippen LogP contribution in [0.15, 0.2) is 42.5 Å². The fourth-order valence-corrected chi connectivity index (χ4v) is 4.42. The highest BCUT2D eigenvalue weighted by molar-refractivity contribution is 7.22. The van der Waals surface area contributed by atoms with Crippen LogP contribution in [0.3, 0.4) is 0 Å².